The molecule has 0 heterocycles. The number of ether oxygens (including phenoxy) is 1. The van der Waals surface area contributed by atoms with Crippen LogP contribution in [0.2, 0.25) is 0 Å². The number of aryl methyl sites for hydroxylation is 1. The highest BCUT2D eigenvalue weighted by molar-refractivity contribution is 5.76. The van der Waals surface area contributed by atoms with Crippen LogP contribution in [0.15, 0.2) is 18.2 Å². The fraction of sp³-hybridized carbons (Fsp3) is 0.562. The van der Waals surface area contributed by atoms with E-state index >= 15 is 0 Å². The summed E-state index contributed by atoms with van der Waals surface area (Å²) >= 11 is 0. The van der Waals surface area contributed by atoms with Crippen molar-refractivity contribution in [3.63, 3.8) is 0 Å². The van der Waals surface area contributed by atoms with Crippen LogP contribution in [0, 0.1) is 0 Å². The molecule has 0 saturated carbocycles. The van der Waals surface area contributed by atoms with E-state index < -0.39 is 5.60 Å². The van der Waals surface area contributed by atoms with E-state index in [1.165, 1.54) is 24.0 Å². The average Bonchev–Trinajstić information content (AvgIpc) is 2.27. The van der Waals surface area contributed by atoms with Gasteiger partial charge in [0.25, 0.3) is 0 Å². The minimum atomic E-state index is -0.418. The van der Waals surface area contributed by atoms with Gasteiger partial charge in [-0.1, -0.05) is 12.1 Å². The fourth-order valence-corrected chi connectivity index (χ4v) is 2.78. The normalized spacial score (nSPS) is 15.1. The van der Waals surface area contributed by atoms with E-state index in [0.717, 1.165) is 18.6 Å². The molecule has 1 aromatic rings. The molecule has 0 atom stereocenters. The largest absolute Gasteiger partial charge is 0.487 e. The quantitative estimate of drug-likeness (QED) is 0.809. The third-order valence-corrected chi connectivity index (χ3v) is 3.41. The van der Waals surface area contributed by atoms with Gasteiger partial charge in [-0.2, -0.15) is 0 Å². The van der Waals surface area contributed by atoms with Crippen LogP contribution in [0.5, 0.6) is 5.75 Å². The van der Waals surface area contributed by atoms with E-state index in [4.69, 9.17) is 4.74 Å². The predicted octanol–water partition coefficient (Wildman–Crippen LogP) is 3.70. The number of fused-ring (bicyclic) bond motifs is 1. The molecule has 0 bridgehead atoms. The first-order chi connectivity index (χ1) is 8.48. The van der Waals surface area contributed by atoms with Crippen molar-refractivity contribution in [2.45, 2.75) is 58.5 Å². The average molecular weight is 246 g/mol. The third kappa shape index (κ3) is 3.12. The van der Waals surface area contributed by atoms with Gasteiger partial charge in [0, 0.05) is 6.42 Å². The van der Waals surface area contributed by atoms with Crippen molar-refractivity contribution in [2.24, 2.45) is 0 Å². The first-order valence-electron chi connectivity index (χ1n) is 6.77. The lowest BCUT2D eigenvalue weighted by molar-refractivity contribution is -0.120. The summed E-state index contributed by atoms with van der Waals surface area (Å²) in [7, 11) is 0. The SMILES string of the molecule is CC(=O)CC(C)(C)Oc1cccc2c1CCCC2. The zero-order chi connectivity index (χ0) is 13.2. The van der Waals surface area contributed by atoms with Crippen LogP contribution in [0.25, 0.3) is 0 Å². The molecule has 2 nitrogen and oxygen atoms in total. The molecule has 1 aliphatic carbocycles. The number of carbonyl (C=O) groups is 1. The van der Waals surface area contributed by atoms with Crippen molar-refractivity contribution in [2.75, 3.05) is 0 Å². The molecule has 0 N–H and O–H groups in total. The summed E-state index contributed by atoms with van der Waals surface area (Å²) in [6.07, 6.45) is 5.21. The van der Waals surface area contributed by atoms with E-state index in [9.17, 15) is 4.79 Å². The van der Waals surface area contributed by atoms with E-state index in [0.29, 0.717) is 6.42 Å². The van der Waals surface area contributed by atoms with Crippen LogP contribution in [-0.2, 0) is 17.6 Å². The molecule has 2 rings (SSSR count). The molecule has 18 heavy (non-hydrogen) atoms. The number of benzene rings is 1. The minimum Gasteiger partial charge on any atom is -0.487 e. The number of carbonyl (C=O) groups excluding carboxylic acids is 1. The zero-order valence-corrected chi connectivity index (χ0v) is 11.6. The Labute approximate surface area is 109 Å². The second-order valence-electron chi connectivity index (χ2n) is 5.84. The number of hydrogen-bond acceptors (Lipinski definition) is 2. The summed E-state index contributed by atoms with van der Waals surface area (Å²) in [5, 5.41) is 0. The van der Waals surface area contributed by atoms with Gasteiger partial charge in [-0.05, 0) is 63.6 Å². The van der Waals surface area contributed by atoms with Crippen LogP contribution in [0.3, 0.4) is 0 Å². The van der Waals surface area contributed by atoms with Gasteiger partial charge in [0.05, 0.1) is 0 Å². The van der Waals surface area contributed by atoms with Crippen molar-refractivity contribution >= 4 is 5.78 Å². The molecular weight excluding hydrogens is 224 g/mol. The summed E-state index contributed by atoms with van der Waals surface area (Å²) in [6, 6.07) is 6.29. The van der Waals surface area contributed by atoms with Crippen molar-refractivity contribution in [3.8, 4) is 5.75 Å². The standard InChI is InChI=1S/C16H22O2/c1-12(17)11-16(2,3)18-15-10-6-8-13-7-4-5-9-14(13)15/h6,8,10H,4-5,7,9,11H2,1-3H3. The second-order valence-corrected chi connectivity index (χ2v) is 5.84. The Morgan fingerprint density at radius 2 is 2.00 bits per heavy atom. The highest BCUT2D eigenvalue weighted by Gasteiger charge is 2.24. The van der Waals surface area contributed by atoms with Crippen LogP contribution >= 0.6 is 0 Å². The molecule has 0 aromatic heterocycles. The van der Waals surface area contributed by atoms with Crippen molar-refractivity contribution in [1.82, 2.24) is 0 Å². The molecule has 0 amide bonds. The molecule has 0 aliphatic heterocycles. The van der Waals surface area contributed by atoms with Crippen LogP contribution < -0.4 is 4.74 Å². The highest BCUT2D eigenvalue weighted by Crippen LogP contribution is 2.32. The van der Waals surface area contributed by atoms with Gasteiger partial charge in [0.15, 0.2) is 0 Å². The topological polar surface area (TPSA) is 26.3 Å². The summed E-state index contributed by atoms with van der Waals surface area (Å²) in [5.74, 6) is 1.14. The summed E-state index contributed by atoms with van der Waals surface area (Å²) in [5.41, 5.74) is 2.34. The predicted molar refractivity (Wildman–Crippen MR) is 73.1 cm³/mol. The molecule has 1 aromatic carbocycles. The van der Waals surface area contributed by atoms with Gasteiger partial charge in [0.1, 0.15) is 17.1 Å². The first kappa shape index (κ1) is 13.1. The van der Waals surface area contributed by atoms with E-state index in [-0.39, 0.29) is 5.78 Å². The number of hydrogen-bond donors (Lipinski definition) is 0. The molecule has 0 unspecified atom stereocenters. The van der Waals surface area contributed by atoms with Crippen LogP contribution in [-0.4, -0.2) is 11.4 Å². The van der Waals surface area contributed by atoms with Gasteiger partial charge in [0.2, 0.25) is 0 Å². The van der Waals surface area contributed by atoms with Gasteiger partial charge in [-0.25, -0.2) is 0 Å². The Morgan fingerprint density at radius 1 is 1.28 bits per heavy atom. The maximum atomic E-state index is 11.3. The number of ketones is 1. The van der Waals surface area contributed by atoms with Crippen molar-refractivity contribution < 1.29 is 9.53 Å². The third-order valence-electron chi connectivity index (χ3n) is 3.41. The Hall–Kier alpha value is -1.31. The summed E-state index contributed by atoms with van der Waals surface area (Å²) in [6.45, 7) is 5.58. The van der Waals surface area contributed by atoms with Gasteiger partial charge < -0.3 is 4.74 Å². The van der Waals surface area contributed by atoms with Crippen molar-refractivity contribution in [1.29, 1.82) is 0 Å². The Morgan fingerprint density at radius 3 is 2.72 bits per heavy atom. The Bertz CT molecular complexity index is 446. The molecule has 0 radical (unpaired) electrons. The molecule has 0 saturated heterocycles. The Kier molecular flexibility index (Phi) is 3.74. The monoisotopic (exact) mass is 246 g/mol. The van der Waals surface area contributed by atoms with Crippen LogP contribution in [0.4, 0.5) is 0 Å². The number of Topliss-reactive ketones (excluding diaryl/α,β-unsaturated/α-hetero) is 1. The lowest BCUT2D eigenvalue weighted by Crippen LogP contribution is -2.31. The maximum Gasteiger partial charge on any atom is 0.133 e. The zero-order valence-electron chi connectivity index (χ0n) is 11.6. The fourth-order valence-electron chi connectivity index (χ4n) is 2.78. The van der Waals surface area contributed by atoms with Gasteiger partial charge >= 0.3 is 0 Å². The first-order valence-corrected chi connectivity index (χ1v) is 6.77. The molecule has 0 fully saturated rings. The lowest BCUT2D eigenvalue weighted by Gasteiger charge is -2.28. The smallest absolute Gasteiger partial charge is 0.133 e. The molecule has 98 valence electrons. The molecule has 2 heteroatoms. The second kappa shape index (κ2) is 5.13. The number of rotatable bonds is 4. The van der Waals surface area contributed by atoms with E-state index in [1.54, 1.807) is 6.92 Å². The summed E-state index contributed by atoms with van der Waals surface area (Å²) in [4.78, 5) is 11.3. The highest BCUT2D eigenvalue weighted by atomic mass is 16.5. The molecular formula is C16H22O2. The van der Waals surface area contributed by atoms with Gasteiger partial charge in [-0.15, -0.1) is 0 Å². The van der Waals surface area contributed by atoms with E-state index in [1.807, 2.05) is 19.9 Å². The molecule has 0 spiro atoms. The Balaban J connectivity index is 2.21. The maximum absolute atomic E-state index is 11.3. The van der Waals surface area contributed by atoms with Crippen molar-refractivity contribution in [3.05, 3.63) is 29.3 Å². The summed E-state index contributed by atoms with van der Waals surface area (Å²) < 4.78 is 6.09. The van der Waals surface area contributed by atoms with Gasteiger partial charge in [-0.3, -0.25) is 4.79 Å². The lowest BCUT2D eigenvalue weighted by atomic mass is 9.91. The van der Waals surface area contributed by atoms with Crippen LogP contribution in [0.1, 0.15) is 51.2 Å². The minimum absolute atomic E-state index is 0.171. The molecule has 1 aliphatic rings. The van der Waals surface area contributed by atoms with E-state index in [2.05, 4.69) is 12.1 Å².